The number of likely N-dealkylation sites (tertiary alicyclic amines) is 1. The molecule has 0 aromatic heterocycles. The summed E-state index contributed by atoms with van der Waals surface area (Å²) in [6.45, 7) is 0. The molecule has 80 valence electrons. The molecule has 0 saturated carbocycles. The summed E-state index contributed by atoms with van der Waals surface area (Å²) in [5.74, 6) is 2.27. The Morgan fingerprint density at radius 3 is 2.64 bits per heavy atom. The molecule has 2 aliphatic rings. The quantitative estimate of drug-likeness (QED) is 0.737. The van der Waals surface area contributed by atoms with Gasteiger partial charge >= 0.3 is 0 Å². The first-order valence-electron chi connectivity index (χ1n) is 4.87. The highest BCUT2D eigenvalue weighted by atomic mass is 32.2. The van der Waals surface area contributed by atoms with Crippen LogP contribution < -0.4 is 0 Å². The minimum absolute atomic E-state index is 0.0688. The van der Waals surface area contributed by atoms with Crippen molar-refractivity contribution in [3.05, 3.63) is 0 Å². The predicted molar refractivity (Wildman–Crippen MR) is 60.3 cm³/mol. The molecule has 2 aliphatic heterocycles. The lowest BCUT2D eigenvalue weighted by molar-refractivity contribution is -0.139. The first-order chi connectivity index (χ1) is 6.64. The van der Waals surface area contributed by atoms with E-state index in [1.807, 2.05) is 0 Å². The van der Waals surface area contributed by atoms with Crippen molar-refractivity contribution < 1.29 is 9.90 Å². The lowest BCUT2D eigenvalue weighted by Crippen LogP contribution is -2.50. The van der Waals surface area contributed by atoms with E-state index in [2.05, 4.69) is 0 Å². The maximum Gasteiger partial charge on any atom is 0.224 e. The molecule has 1 N–H and O–H groups in total. The van der Waals surface area contributed by atoms with Crippen LogP contribution in [-0.2, 0) is 4.79 Å². The van der Waals surface area contributed by atoms with Crippen LogP contribution in [0.5, 0.6) is 0 Å². The minimum atomic E-state index is -0.896. The maximum atomic E-state index is 11.4. The smallest absolute Gasteiger partial charge is 0.224 e. The topological polar surface area (TPSA) is 40.5 Å². The van der Waals surface area contributed by atoms with Crippen LogP contribution in [0.3, 0.4) is 0 Å². The second-order valence-corrected chi connectivity index (χ2v) is 6.48. The highest BCUT2D eigenvalue weighted by Crippen LogP contribution is 2.44. The van der Waals surface area contributed by atoms with E-state index in [1.54, 1.807) is 30.6 Å². The monoisotopic (exact) mass is 233 g/mol. The van der Waals surface area contributed by atoms with Crippen molar-refractivity contribution in [2.75, 3.05) is 18.6 Å². The summed E-state index contributed by atoms with van der Waals surface area (Å²) in [6, 6.07) is 0. The molecular formula is C9H15NO2S2. The van der Waals surface area contributed by atoms with E-state index in [9.17, 15) is 9.90 Å². The fourth-order valence-electron chi connectivity index (χ4n) is 1.87. The summed E-state index contributed by atoms with van der Waals surface area (Å²) in [6.07, 6.45) is 2.29. The fraction of sp³-hybridized carbons (Fsp3) is 0.889. The lowest BCUT2D eigenvalue weighted by atomic mass is 10.2. The third-order valence-electron chi connectivity index (χ3n) is 2.87. The van der Waals surface area contributed by atoms with Crippen LogP contribution in [0.4, 0.5) is 0 Å². The van der Waals surface area contributed by atoms with Gasteiger partial charge < -0.3 is 10.0 Å². The number of carbonyl (C=O) groups is 1. The van der Waals surface area contributed by atoms with E-state index in [-0.39, 0.29) is 10.5 Å². The van der Waals surface area contributed by atoms with Gasteiger partial charge in [-0.05, 0) is 17.9 Å². The molecule has 14 heavy (non-hydrogen) atoms. The van der Waals surface area contributed by atoms with Gasteiger partial charge in [0.2, 0.25) is 5.91 Å². The number of aliphatic hydroxyl groups is 1. The van der Waals surface area contributed by atoms with Crippen molar-refractivity contribution in [1.82, 2.24) is 4.90 Å². The van der Waals surface area contributed by atoms with Gasteiger partial charge in [-0.15, -0.1) is 23.5 Å². The molecule has 2 fully saturated rings. The summed E-state index contributed by atoms with van der Waals surface area (Å²) >= 11 is 3.57. The Balaban J connectivity index is 2.10. The van der Waals surface area contributed by atoms with E-state index in [1.165, 1.54) is 11.3 Å². The van der Waals surface area contributed by atoms with E-state index >= 15 is 0 Å². The molecule has 0 bridgehead atoms. The number of amides is 1. The van der Waals surface area contributed by atoms with E-state index in [4.69, 9.17) is 0 Å². The van der Waals surface area contributed by atoms with Gasteiger partial charge in [-0.3, -0.25) is 4.79 Å². The molecule has 0 unspecified atom stereocenters. The highest BCUT2D eigenvalue weighted by molar-refractivity contribution is 8.17. The summed E-state index contributed by atoms with van der Waals surface area (Å²) in [5, 5.41) is 10.4. The number of hydrogen-bond acceptors (Lipinski definition) is 4. The van der Waals surface area contributed by atoms with Crippen LogP contribution in [0.1, 0.15) is 19.3 Å². The van der Waals surface area contributed by atoms with Crippen LogP contribution in [0.25, 0.3) is 0 Å². The molecule has 0 aliphatic carbocycles. The Morgan fingerprint density at radius 2 is 2.14 bits per heavy atom. The molecule has 1 atom stereocenters. The number of carbonyl (C=O) groups excluding carboxylic acids is 1. The normalized spacial score (nSPS) is 35.3. The molecule has 3 nitrogen and oxygen atoms in total. The predicted octanol–water partition coefficient (Wildman–Crippen LogP) is 1.12. The van der Waals surface area contributed by atoms with Crippen LogP contribution in [-0.4, -0.2) is 44.8 Å². The maximum absolute atomic E-state index is 11.4. The second-order valence-electron chi connectivity index (χ2n) is 3.76. The van der Waals surface area contributed by atoms with Gasteiger partial charge in [0.1, 0.15) is 0 Å². The minimum Gasteiger partial charge on any atom is -0.369 e. The van der Waals surface area contributed by atoms with Crippen molar-refractivity contribution in [3.63, 3.8) is 0 Å². The lowest BCUT2D eigenvalue weighted by Gasteiger charge is -2.38. The largest absolute Gasteiger partial charge is 0.369 e. The van der Waals surface area contributed by atoms with Crippen LogP contribution >= 0.6 is 23.5 Å². The van der Waals surface area contributed by atoms with Crippen molar-refractivity contribution in [2.24, 2.45) is 0 Å². The molecule has 0 aromatic carbocycles. The van der Waals surface area contributed by atoms with E-state index in [0.717, 1.165) is 11.5 Å². The Bertz CT molecular complexity index is 243. The fourth-order valence-corrected chi connectivity index (χ4v) is 5.15. The summed E-state index contributed by atoms with van der Waals surface area (Å²) in [5.41, 5.74) is -0.896. The number of rotatable bonds is 1. The molecule has 1 amide bonds. The van der Waals surface area contributed by atoms with Crippen LogP contribution in [0, 0.1) is 0 Å². The number of nitrogens with zero attached hydrogens (tertiary/aromatic N) is 1. The summed E-state index contributed by atoms with van der Waals surface area (Å²) in [4.78, 5) is 12.9. The van der Waals surface area contributed by atoms with E-state index < -0.39 is 5.72 Å². The number of hydrogen-bond donors (Lipinski definition) is 1. The molecular weight excluding hydrogens is 218 g/mol. The van der Waals surface area contributed by atoms with Gasteiger partial charge in [-0.25, -0.2) is 0 Å². The van der Waals surface area contributed by atoms with Gasteiger partial charge in [-0.2, -0.15) is 0 Å². The summed E-state index contributed by atoms with van der Waals surface area (Å²) < 4.78 is 0.146. The molecule has 2 saturated heterocycles. The van der Waals surface area contributed by atoms with Crippen molar-refractivity contribution in [1.29, 1.82) is 0 Å². The number of thioether (sulfide) groups is 2. The average molecular weight is 233 g/mol. The van der Waals surface area contributed by atoms with Crippen LogP contribution in [0.15, 0.2) is 0 Å². The first-order valence-corrected chi connectivity index (χ1v) is 6.96. The van der Waals surface area contributed by atoms with Gasteiger partial charge in [0.15, 0.2) is 5.72 Å². The van der Waals surface area contributed by atoms with Crippen molar-refractivity contribution >= 4 is 29.4 Å². The zero-order chi connectivity index (χ0) is 10.2. The third kappa shape index (κ3) is 1.66. The van der Waals surface area contributed by atoms with Gasteiger partial charge in [-0.1, -0.05) is 0 Å². The Labute approximate surface area is 92.6 Å². The molecule has 0 radical (unpaired) electrons. The third-order valence-corrected chi connectivity index (χ3v) is 6.09. The van der Waals surface area contributed by atoms with Crippen molar-refractivity contribution in [3.8, 4) is 0 Å². The van der Waals surface area contributed by atoms with Gasteiger partial charge in [0.05, 0.1) is 4.58 Å². The van der Waals surface area contributed by atoms with Crippen molar-refractivity contribution in [2.45, 2.75) is 29.6 Å². The Hall–Kier alpha value is 0.130. The standard InChI is InChI=1S/C9H15NO2S2/c1-10-7(11)3-4-9(10,12)8-13-5-2-6-14-8/h8,12H,2-6H2,1H3/t9-/m0/s1. The highest BCUT2D eigenvalue weighted by Gasteiger charge is 2.48. The van der Waals surface area contributed by atoms with Gasteiger partial charge in [0, 0.05) is 19.9 Å². The first kappa shape index (κ1) is 10.6. The van der Waals surface area contributed by atoms with Gasteiger partial charge in [0.25, 0.3) is 0 Å². The van der Waals surface area contributed by atoms with Crippen LogP contribution in [0.2, 0.25) is 0 Å². The molecule has 2 rings (SSSR count). The zero-order valence-corrected chi connectivity index (χ0v) is 9.87. The molecule has 0 spiro atoms. The molecule has 0 aromatic rings. The summed E-state index contributed by atoms with van der Waals surface area (Å²) in [7, 11) is 1.71. The Kier molecular flexibility index (Phi) is 3.00. The molecule has 2 heterocycles. The average Bonchev–Trinajstić information content (AvgIpc) is 2.49. The Morgan fingerprint density at radius 1 is 1.50 bits per heavy atom. The second kappa shape index (κ2) is 3.94. The SMILES string of the molecule is CN1C(=O)CC[C@]1(O)C1SCCCS1. The zero-order valence-electron chi connectivity index (χ0n) is 8.23. The van der Waals surface area contributed by atoms with E-state index in [0.29, 0.717) is 12.8 Å². The molecule has 5 heteroatoms.